The molecule has 4 aromatic rings. The van der Waals surface area contributed by atoms with Gasteiger partial charge in [0.1, 0.15) is 17.3 Å². The summed E-state index contributed by atoms with van der Waals surface area (Å²) >= 11 is 0. The van der Waals surface area contributed by atoms with Crippen LogP contribution in [0.3, 0.4) is 0 Å². The maximum Gasteiger partial charge on any atom is 0.256 e. The number of hydrogen-bond donors (Lipinski definition) is 3. The van der Waals surface area contributed by atoms with E-state index in [1.807, 2.05) is 24.4 Å². The van der Waals surface area contributed by atoms with Crippen molar-refractivity contribution in [1.29, 1.82) is 0 Å². The highest BCUT2D eigenvalue weighted by Gasteiger charge is 2.31. The lowest BCUT2D eigenvalue weighted by Crippen LogP contribution is -2.35. The Hall–Kier alpha value is -4.53. The van der Waals surface area contributed by atoms with Gasteiger partial charge in [0.15, 0.2) is 0 Å². The number of nitrogen functional groups attached to an aromatic ring is 1. The number of hydrogen-bond acceptors (Lipinski definition) is 6. The number of allylic oxidation sites excluding steroid dienone is 2. The highest BCUT2D eigenvalue weighted by Crippen LogP contribution is 2.40. The van der Waals surface area contributed by atoms with E-state index in [4.69, 9.17) is 10.8 Å². The molecule has 0 spiro atoms. The summed E-state index contributed by atoms with van der Waals surface area (Å²) in [5, 5.41) is 12.0. The van der Waals surface area contributed by atoms with E-state index in [9.17, 15) is 9.59 Å². The summed E-state index contributed by atoms with van der Waals surface area (Å²) in [7, 11) is 0. The van der Waals surface area contributed by atoms with Gasteiger partial charge in [-0.15, -0.1) is 0 Å². The first-order chi connectivity index (χ1) is 20.1. The van der Waals surface area contributed by atoms with E-state index in [1.54, 1.807) is 30.5 Å². The predicted molar refractivity (Wildman–Crippen MR) is 160 cm³/mol. The molecule has 1 aromatic carbocycles. The number of anilines is 2. The molecule has 2 atom stereocenters. The van der Waals surface area contributed by atoms with Crippen molar-refractivity contribution >= 4 is 34.4 Å². The van der Waals surface area contributed by atoms with E-state index in [0.717, 1.165) is 85.6 Å². The number of pyridine rings is 2. The highest BCUT2D eigenvalue weighted by molar-refractivity contribution is 6.05. The lowest BCUT2D eigenvalue weighted by Gasteiger charge is -2.29. The van der Waals surface area contributed by atoms with E-state index in [2.05, 4.69) is 37.4 Å². The molecule has 2 bridgehead atoms. The average molecular weight is 550 g/mol. The molecule has 9 heteroatoms. The van der Waals surface area contributed by atoms with Crippen LogP contribution in [0.1, 0.15) is 66.9 Å². The zero-order chi connectivity index (χ0) is 28.2. The van der Waals surface area contributed by atoms with Crippen molar-refractivity contribution < 1.29 is 9.59 Å². The van der Waals surface area contributed by atoms with Crippen LogP contribution in [0, 0.1) is 5.92 Å². The van der Waals surface area contributed by atoms with E-state index in [-0.39, 0.29) is 23.8 Å². The number of carbonyl (C=O) groups excluding carboxylic acids is 2. The maximum atomic E-state index is 13.0. The number of nitrogens with one attached hydrogen (secondary N) is 2. The molecule has 210 valence electrons. The van der Waals surface area contributed by atoms with Crippen LogP contribution in [0.2, 0.25) is 0 Å². The number of benzene rings is 1. The molecule has 4 N–H and O–H groups in total. The fourth-order valence-electron chi connectivity index (χ4n) is 5.97. The minimum atomic E-state index is -0.236. The molecular formula is C32H35N7O2. The summed E-state index contributed by atoms with van der Waals surface area (Å²) in [4.78, 5) is 34.6. The molecule has 1 saturated carbocycles. The fraction of sp³-hybridized carbons (Fsp3) is 0.344. The average Bonchev–Trinajstić information content (AvgIpc) is 3.41. The zero-order valence-electron chi connectivity index (χ0n) is 23.1. The van der Waals surface area contributed by atoms with Crippen LogP contribution in [-0.2, 0) is 11.2 Å². The Bertz CT molecular complexity index is 1580. The van der Waals surface area contributed by atoms with E-state index >= 15 is 0 Å². The first-order valence-electron chi connectivity index (χ1n) is 14.5. The largest absolute Gasteiger partial charge is 0.383 e. The van der Waals surface area contributed by atoms with Gasteiger partial charge in [0.25, 0.3) is 5.91 Å². The Kier molecular flexibility index (Phi) is 7.75. The Morgan fingerprint density at radius 3 is 2.73 bits per heavy atom. The maximum absolute atomic E-state index is 13.0. The summed E-state index contributed by atoms with van der Waals surface area (Å²) in [6, 6.07) is 12.8. The number of nitrogens with two attached hydrogens (primary N) is 1. The summed E-state index contributed by atoms with van der Waals surface area (Å²) in [5.74, 6) is 0.809. The van der Waals surface area contributed by atoms with Crippen LogP contribution in [0.15, 0.2) is 67.0 Å². The van der Waals surface area contributed by atoms with Crippen molar-refractivity contribution in [3.63, 3.8) is 0 Å². The van der Waals surface area contributed by atoms with Gasteiger partial charge >= 0.3 is 0 Å². The van der Waals surface area contributed by atoms with Gasteiger partial charge in [0, 0.05) is 41.5 Å². The highest BCUT2D eigenvalue weighted by atomic mass is 16.2. The van der Waals surface area contributed by atoms with Gasteiger partial charge in [-0.3, -0.25) is 14.3 Å². The van der Waals surface area contributed by atoms with Crippen LogP contribution in [-0.4, -0.2) is 38.1 Å². The van der Waals surface area contributed by atoms with Gasteiger partial charge in [-0.1, -0.05) is 36.8 Å². The molecule has 1 aliphatic heterocycles. The summed E-state index contributed by atoms with van der Waals surface area (Å²) in [6.45, 7) is 0.723. The number of carbonyl (C=O) groups is 2. The van der Waals surface area contributed by atoms with Gasteiger partial charge in [0.05, 0.1) is 16.9 Å². The van der Waals surface area contributed by atoms with Crippen molar-refractivity contribution in [2.75, 3.05) is 17.6 Å². The summed E-state index contributed by atoms with van der Waals surface area (Å²) in [5.41, 5.74) is 10.7. The molecule has 1 fully saturated rings. The third-order valence-electron chi connectivity index (χ3n) is 8.12. The molecule has 41 heavy (non-hydrogen) atoms. The fourth-order valence-corrected chi connectivity index (χ4v) is 5.97. The smallest absolute Gasteiger partial charge is 0.256 e. The molecule has 0 unspecified atom stereocenters. The minimum Gasteiger partial charge on any atom is -0.383 e. The quantitative estimate of drug-likeness (QED) is 0.291. The normalized spacial score (nSPS) is 20.4. The van der Waals surface area contributed by atoms with Gasteiger partial charge in [0.2, 0.25) is 5.91 Å². The topological polar surface area (TPSA) is 128 Å². The first kappa shape index (κ1) is 26.7. The van der Waals surface area contributed by atoms with Crippen LogP contribution >= 0.6 is 0 Å². The van der Waals surface area contributed by atoms with Crippen molar-refractivity contribution in [2.45, 2.75) is 57.4 Å². The van der Waals surface area contributed by atoms with E-state index in [0.29, 0.717) is 17.2 Å². The monoisotopic (exact) mass is 549 g/mol. The van der Waals surface area contributed by atoms with Crippen LogP contribution in [0.4, 0.5) is 11.6 Å². The molecule has 4 heterocycles. The number of fused-ring (bicyclic) bond motifs is 3. The molecule has 1 aliphatic carbocycles. The second kappa shape index (κ2) is 11.9. The molecule has 0 radical (unpaired) electrons. The summed E-state index contributed by atoms with van der Waals surface area (Å²) < 4.78 is 2.10. The first-order valence-corrected chi connectivity index (χ1v) is 14.5. The predicted octanol–water partition coefficient (Wildman–Crippen LogP) is 5.46. The van der Waals surface area contributed by atoms with Crippen molar-refractivity contribution in [1.82, 2.24) is 25.1 Å². The lowest BCUT2D eigenvalue weighted by atomic mass is 9.85. The van der Waals surface area contributed by atoms with Gasteiger partial charge in [-0.05, 0) is 69.2 Å². The third-order valence-corrected chi connectivity index (χ3v) is 8.12. The Labute approximate surface area is 239 Å². The van der Waals surface area contributed by atoms with Crippen molar-refractivity contribution in [3.05, 3.63) is 78.1 Å². The number of aromatic nitrogens is 4. The number of nitrogens with zero attached hydrogens (tertiary/aromatic N) is 4. The molecule has 9 nitrogen and oxygen atoms in total. The number of amides is 2. The SMILES string of the molecule is Nc1ncc2c3c1c(-c1ccc(C(=O)Nc4ccccn4)cc1)nn3[C@@H]1CCC[C@H](C1)C(=O)NCCCC/C=C/C2. The zero-order valence-corrected chi connectivity index (χ0v) is 23.1. The molecule has 0 saturated heterocycles. The second-order valence-electron chi connectivity index (χ2n) is 10.9. The second-order valence-corrected chi connectivity index (χ2v) is 10.9. The van der Waals surface area contributed by atoms with Gasteiger partial charge < -0.3 is 16.4 Å². The summed E-state index contributed by atoms with van der Waals surface area (Å²) in [6.07, 6.45) is 15.2. The van der Waals surface area contributed by atoms with Crippen LogP contribution in [0.25, 0.3) is 22.2 Å². The van der Waals surface area contributed by atoms with Crippen molar-refractivity contribution in [3.8, 4) is 11.3 Å². The lowest BCUT2D eigenvalue weighted by molar-refractivity contribution is -0.126. The molecule has 6 rings (SSSR count). The van der Waals surface area contributed by atoms with E-state index < -0.39 is 0 Å². The molecule has 2 aliphatic rings. The molecular weight excluding hydrogens is 514 g/mol. The van der Waals surface area contributed by atoms with Gasteiger partial charge in [-0.2, -0.15) is 5.10 Å². The standard InChI is InChI=1S/C32H35N7O2/c33-30-27-28(21-13-15-22(16-14-21)32(41)37-26-12-5-7-17-34-26)38-39-25-11-8-10-23(19-25)31(40)35-18-6-3-1-2-4-9-24(20-36-30)29(27)39/h2,4-5,7,12-17,20,23,25H,1,3,6,8-11,18-19H2,(H2,33,36)(H,35,40)(H,34,37,41)/b4-2+/t23-,25-/m1/s1. The molecule has 3 aromatic heterocycles. The molecule has 2 amide bonds. The van der Waals surface area contributed by atoms with Crippen LogP contribution in [0.5, 0.6) is 0 Å². The Morgan fingerprint density at radius 1 is 1.02 bits per heavy atom. The minimum absolute atomic E-state index is 0.0285. The van der Waals surface area contributed by atoms with Crippen LogP contribution < -0.4 is 16.4 Å². The van der Waals surface area contributed by atoms with Gasteiger partial charge in [-0.25, -0.2) is 9.97 Å². The Balaban J connectivity index is 1.40. The Morgan fingerprint density at radius 2 is 1.90 bits per heavy atom. The van der Waals surface area contributed by atoms with E-state index in [1.165, 1.54) is 0 Å². The third kappa shape index (κ3) is 5.70. The van der Waals surface area contributed by atoms with Crippen molar-refractivity contribution in [2.24, 2.45) is 5.92 Å². The number of rotatable bonds is 3.